The number of nitrogens with one attached hydrogen (secondary N) is 2. The van der Waals surface area contributed by atoms with Gasteiger partial charge in [-0.1, -0.05) is 23.2 Å². The SMILES string of the molecule is CC(C)(CNC(=O)c1cc(S(=O)(=O)NC2CC2)c(Cl)cc1Cl)N1CCOCC1. The summed E-state index contributed by atoms with van der Waals surface area (Å²) in [5.41, 5.74) is -0.194. The van der Waals surface area contributed by atoms with Crippen molar-refractivity contribution in [3.05, 3.63) is 27.7 Å². The van der Waals surface area contributed by atoms with Crippen molar-refractivity contribution in [2.45, 2.75) is 43.2 Å². The Morgan fingerprint density at radius 1 is 1.21 bits per heavy atom. The second-order valence-electron chi connectivity index (χ2n) is 7.75. The highest BCUT2D eigenvalue weighted by molar-refractivity contribution is 7.89. The number of amides is 1. The van der Waals surface area contributed by atoms with Crippen molar-refractivity contribution in [3.8, 4) is 0 Å². The number of carbonyl (C=O) groups excluding carboxylic acids is 1. The molecule has 0 unspecified atom stereocenters. The smallest absolute Gasteiger partial charge is 0.252 e. The monoisotopic (exact) mass is 449 g/mol. The zero-order valence-electron chi connectivity index (χ0n) is 15.9. The summed E-state index contributed by atoms with van der Waals surface area (Å²) in [6.07, 6.45) is 1.60. The van der Waals surface area contributed by atoms with E-state index >= 15 is 0 Å². The van der Waals surface area contributed by atoms with Crippen LogP contribution in [-0.2, 0) is 14.8 Å². The van der Waals surface area contributed by atoms with Gasteiger partial charge in [0.25, 0.3) is 5.91 Å². The zero-order chi connectivity index (χ0) is 20.5. The van der Waals surface area contributed by atoms with Crippen LogP contribution in [0.4, 0.5) is 0 Å². The van der Waals surface area contributed by atoms with Crippen LogP contribution in [0.2, 0.25) is 10.0 Å². The van der Waals surface area contributed by atoms with Crippen molar-refractivity contribution in [2.75, 3.05) is 32.8 Å². The molecule has 0 aromatic heterocycles. The molecule has 3 rings (SSSR count). The summed E-state index contributed by atoms with van der Waals surface area (Å²) in [5, 5.41) is 2.96. The number of halogens is 2. The topological polar surface area (TPSA) is 87.7 Å². The third kappa shape index (κ3) is 5.17. The number of sulfonamides is 1. The van der Waals surface area contributed by atoms with Gasteiger partial charge < -0.3 is 10.1 Å². The van der Waals surface area contributed by atoms with Gasteiger partial charge in [-0.05, 0) is 38.8 Å². The zero-order valence-corrected chi connectivity index (χ0v) is 18.3. The standard InChI is InChI=1S/C18H25Cl2N3O4S/c1-18(2,23-5-7-27-8-6-23)11-21-17(24)13-9-16(15(20)10-14(13)19)28(25,26)22-12-3-4-12/h9-10,12,22H,3-8,11H2,1-2H3,(H,21,24). The van der Waals surface area contributed by atoms with Crippen LogP contribution in [-0.4, -0.2) is 63.7 Å². The molecule has 2 fully saturated rings. The van der Waals surface area contributed by atoms with E-state index in [0.717, 1.165) is 25.9 Å². The van der Waals surface area contributed by atoms with Crippen LogP contribution in [0.5, 0.6) is 0 Å². The average molecular weight is 450 g/mol. The van der Waals surface area contributed by atoms with Crippen molar-refractivity contribution in [1.82, 2.24) is 14.9 Å². The molecule has 10 heteroatoms. The lowest BCUT2D eigenvalue weighted by atomic mass is 10.0. The Bertz CT molecular complexity index is 851. The first-order valence-corrected chi connectivity index (χ1v) is 11.5. The van der Waals surface area contributed by atoms with Gasteiger partial charge in [0, 0.05) is 31.2 Å². The predicted octanol–water partition coefficient (Wildman–Crippen LogP) is 2.27. The Hall–Kier alpha value is -0.900. The first kappa shape index (κ1) is 21.8. The second-order valence-corrected chi connectivity index (χ2v) is 10.2. The predicted molar refractivity (Wildman–Crippen MR) is 109 cm³/mol. The Labute approximate surface area is 175 Å². The number of hydrogen-bond donors (Lipinski definition) is 2. The number of morpholine rings is 1. The molecule has 0 bridgehead atoms. The highest BCUT2D eigenvalue weighted by atomic mass is 35.5. The van der Waals surface area contributed by atoms with Crippen LogP contribution in [0.25, 0.3) is 0 Å². The van der Waals surface area contributed by atoms with Gasteiger partial charge in [0.1, 0.15) is 4.90 Å². The molecule has 1 amide bonds. The summed E-state index contributed by atoms with van der Waals surface area (Å²) < 4.78 is 33.0. The van der Waals surface area contributed by atoms with Crippen molar-refractivity contribution < 1.29 is 17.9 Å². The number of hydrogen-bond acceptors (Lipinski definition) is 5. The third-order valence-electron chi connectivity index (χ3n) is 5.00. The minimum atomic E-state index is -3.80. The number of carbonyl (C=O) groups is 1. The number of rotatable bonds is 7. The van der Waals surface area contributed by atoms with Crippen molar-refractivity contribution in [2.24, 2.45) is 0 Å². The van der Waals surface area contributed by atoms with Crippen LogP contribution >= 0.6 is 23.2 Å². The van der Waals surface area contributed by atoms with Crippen molar-refractivity contribution in [3.63, 3.8) is 0 Å². The molecule has 1 aromatic rings. The number of ether oxygens (including phenoxy) is 1. The Kier molecular flexibility index (Phi) is 6.58. The van der Waals surface area contributed by atoms with Crippen molar-refractivity contribution >= 4 is 39.1 Å². The summed E-state index contributed by atoms with van der Waals surface area (Å²) in [4.78, 5) is 14.8. The largest absolute Gasteiger partial charge is 0.379 e. The molecular weight excluding hydrogens is 425 g/mol. The second kappa shape index (κ2) is 8.45. The van der Waals surface area contributed by atoms with Gasteiger partial charge in [-0.15, -0.1) is 0 Å². The number of benzene rings is 1. The van der Waals surface area contributed by atoms with Gasteiger partial charge in [0.2, 0.25) is 10.0 Å². The first-order chi connectivity index (χ1) is 13.1. The summed E-state index contributed by atoms with van der Waals surface area (Å²) in [6, 6.07) is 2.47. The highest BCUT2D eigenvalue weighted by Gasteiger charge is 2.31. The molecule has 156 valence electrons. The lowest BCUT2D eigenvalue weighted by Crippen LogP contribution is -2.55. The molecular formula is C18H25Cl2N3O4S. The van der Waals surface area contributed by atoms with Crippen molar-refractivity contribution in [1.29, 1.82) is 0 Å². The molecule has 0 atom stereocenters. The number of nitrogens with zero attached hydrogens (tertiary/aromatic N) is 1. The fourth-order valence-electron chi connectivity index (χ4n) is 3.07. The quantitative estimate of drug-likeness (QED) is 0.666. The molecule has 0 radical (unpaired) electrons. The molecule has 1 saturated heterocycles. The van der Waals surface area contributed by atoms with Gasteiger partial charge >= 0.3 is 0 Å². The molecule has 2 N–H and O–H groups in total. The van der Waals surface area contributed by atoms with Crippen LogP contribution in [0, 0.1) is 0 Å². The van der Waals surface area contributed by atoms with E-state index in [4.69, 9.17) is 27.9 Å². The first-order valence-electron chi connectivity index (χ1n) is 9.22. The maximum Gasteiger partial charge on any atom is 0.252 e. The fraction of sp³-hybridized carbons (Fsp3) is 0.611. The van der Waals surface area contributed by atoms with E-state index in [9.17, 15) is 13.2 Å². The van der Waals surface area contributed by atoms with E-state index in [0.29, 0.717) is 19.8 Å². The summed E-state index contributed by atoms with van der Waals surface area (Å²) >= 11 is 12.3. The summed E-state index contributed by atoms with van der Waals surface area (Å²) in [5.74, 6) is -0.439. The molecule has 1 aliphatic carbocycles. The van der Waals surface area contributed by atoms with E-state index in [-0.39, 0.29) is 32.1 Å². The Morgan fingerprint density at radius 2 is 1.86 bits per heavy atom. The molecule has 1 saturated carbocycles. The summed E-state index contributed by atoms with van der Waals surface area (Å²) in [6.45, 7) is 7.37. The average Bonchev–Trinajstić information content (AvgIpc) is 3.43. The van der Waals surface area contributed by atoms with Crippen LogP contribution in [0.15, 0.2) is 17.0 Å². The van der Waals surface area contributed by atoms with E-state index < -0.39 is 15.9 Å². The van der Waals surface area contributed by atoms with E-state index in [2.05, 4.69) is 14.9 Å². The van der Waals surface area contributed by atoms with Crippen LogP contribution < -0.4 is 10.0 Å². The van der Waals surface area contributed by atoms with Gasteiger partial charge in [0.05, 0.1) is 28.8 Å². The lowest BCUT2D eigenvalue weighted by molar-refractivity contribution is -0.00923. The minimum absolute atomic E-state index is 0.0108. The van der Waals surface area contributed by atoms with E-state index in [1.54, 1.807) is 0 Å². The minimum Gasteiger partial charge on any atom is -0.379 e. The van der Waals surface area contributed by atoms with Gasteiger partial charge in [0.15, 0.2) is 0 Å². The van der Waals surface area contributed by atoms with E-state index in [1.807, 2.05) is 13.8 Å². The Balaban J connectivity index is 1.74. The molecule has 2 aliphatic rings. The molecule has 0 spiro atoms. The molecule has 1 aromatic carbocycles. The van der Waals surface area contributed by atoms with Gasteiger partial charge in [-0.3, -0.25) is 9.69 Å². The molecule has 1 aliphatic heterocycles. The highest BCUT2D eigenvalue weighted by Crippen LogP contribution is 2.30. The molecule has 7 nitrogen and oxygen atoms in total. The maximum absolute atomic E-state index is 12.7. The summed E-state index contributed by atoms with van der Waals surface area (Å²) in [7, 11) is -3.80. The van der Waals surface area contributed by atoms with Crippen LogP contribution in [0.3, 0.4) is 0 Å². The van der Waals surface area contributed by atoms with Gasteiger partial charge in [-0.25, -0.2) is 13.1 Å². The lowest BCUT2D eigenvalue weighted by Gasteiger charge is -2.40. The molecule has 28 heavy (non-hydrogen) atoms. The third-order valence-corrected chi connectivity index (χ3v) is 7.30. The van der Waals surface area contributed by atoms with Crippen LogP contribution in [0.1, 0.15) is 37.0 Å². The van der Waals surface area contributed by atoms with Gasteiger partial charge in [-0.2, -0.15) is 0 Å². The fourth-order valence-corrected chi connectivity index (χ4v) is 5.23. The Morgan fingerprint density at radius 3 is 2.46 bits per heavy atom. The normalized spacial score (nSPS) is 18.9. The molecule has 1 heterocycles. The maximum atomic E-state index is 12.7. The van der Waals surface area contributed by atoms with E-state index in [1.165, 1.54) is 12.1 Å².